The van der Waals surface area contributed by atoms with E-state index in [1.807, 2.05) is 76.2 Å². The first-order chi connectivity index (χ1) is 15.8. The molecule has 1 N–H and O–H groups in total. The standard InChI is InChI=1S/C28H32FNO3/c1-19(2)32-25-13-5-21(6-14-25)18-30-28(31)17-27(22-7-11-24(29)12-8-22)23-9-15-26(16-10-23)33-20(3)4/h5-16,19-20,27H,17-18H2,1-4H3,(H,30,31)/t27-/m1/s1. The van der Waals surface area contributed by atoms with Gasteiger partial charge in [0.25, 0.3) is 0 Å². The van der Waals surface area contributed by atoms with Crippen LogP contribution >= 0.6 is 0 Å². The fourth-order valence-corrected chi connectivity index (χ4v) is 3.59. The van der Waals surface area contributed by atoms with E-state index in [4.69, 9.17) is 9.47 Å². The highest BCUT2D eigenvalue weighted by Gasteiger charge is 2.19. The van der Waals surface area contributed by atoms with Gasteiger partial charge in [0.2, 0.25) is 5.91 Å². The second-order valence-electron chi connectivity index (χ2n) is 8.63. The summed E-state index contributed by atoms with van der Waals surface area (Å²) in [5.41, 5.74) is 2.86. The van der Waals surface area contributed by atoms with E-state index in [-0.39, 0.29) is 36.3 Å². The monoisotopic (exact) mass is 449 g/mol. The number of hydrogen-bond donors (Lipinski definition) is 1. The van der Waals surface area contributed by atoms with Crippen molar-refractivity contribution < 1.29 is 18.7 Å². The fraction of sp³-hybridized carbons (Fsp3) is 0.321. The Labute approximate surface area is 195 Å². The third-order valence-corrected chi connectivity index (χ3v) is 5.10. The van der Waals surface area contributed by atoms with Crippen molar-refractivity contribution in [2.75, 3.05) is 0 Å². The first-order valence-corrected chi connectivity index (χ1v) is 11.3. The molecule has 5 heteroatoms. The number of ether oxygens (including phenoxy) is 2. The van der Waals surface area contributed by atoms with Gasteiger partial charge in [0.05, 0.1) is 12.2 Å². The Bertz CT molecular complexity index is 1010. The second kappa shape index (κ2) is 11.5. The van der Waals surface area contributed by atoms with E-state index in [1.165, 1.54) is 12.1 Å². The minimum atomic E-state index is -0.299. The molecule has 0 aliphatic heterocycles. The molecule has 3 rings (SSSR count). The van der Waals surface area contributed by atoms with E-state index in [0.29, 0.717) is 6.54 Å². The molecule has 0 fully saturated rings. The number of amides is 1. The lowest BCUT2D eigenvalue weighted by Crippen LogP contribution is -2.25. The quantitative estimate of drug-likeness (QED) is 0.399. The number of rotatable bonds is 10. The summed E-state index contributed by atoms with van der Waals surface area (Å²) in [6.07, 6.45) is 0.454. The Hall–Kier alpha value is -3.34. The van der Waals surface area contributed by atoms with Gasteiger partial charge in [0.1, 0.15) is 17.3 Å². The minimum absolute atomic E-state index is 0.0747. The van der Waals surface area contributed by atoms with Crippen LogP contribution in [0.5, 0.6) is 11.5 Å². The largest absolute Gasteiger partial charge is 0.491 e. The summed E-state index contributed by atoms with van der Waals surface area (Å²) in [5.74, 6) is 1.02. The lowest BCUT2D eigenvalue weighted by molar-refractivity contribution is -0.121. The van der Waals surface area contributed by atoms with Gasteiger partial charge in [-0.05, 0) is 80.8 Å². The highest BCUT2D eigenvalue weighted by molar-refractivity contribution is 5.77. The molecular weight excluding hydrogens is 417 g/mol. The van der Waals surface area contributed by atoms with Crippen LogP contribution in [-0.4, -0.2) is 18.1 Å². The van der Waals surface area contributed by atoms with Gasteiger partial charge in [-0.1, -0.05) is 36.4 Å². The summed E-state index contributed by atoms with van der Waals surface area (Å²) in [5, 5.41) is 3.00. The van der Waals surface area contributed by atoms with Crippen LogP contribution in [0.25, 0.3) is 0 Å². The van der Waals surface area contributed by atoms with E-state index in [0.717, 1.165) is 28.2 Å². The molecule has 4 nitrogen and oxygen atoms in total. The molecule has 0 unspecified atom stereocenters. The number of carbonyl (C=O) groups is 1. The van der Waals surface area contributed by atoms with Gasteiger partial charge < -0.3 is 14.8 Å². The minimum Gasteiger partial charge on any atom is -0.491 e. The molecule has 0 saturated heterocycles. The highest BCUT2D eigenvalue weighted by Crippen LogP contribution is 2.30. The van der Waals surface area contributed by atoms with Crippen LogP contribution in [0, 0.1) is 5.82 Å². The first kappa shape index (κ1) is 24.3. The molecule has 0 aliphatic carbocycles. The van der Waals surface area contributed by atoms with Gasteiger partial charge in [-0.25, -0.2) is 4.39 Å². The number of halogens is 1. The van der Waals surface area contributed by atoms with Crippen molar-refractivity contribution >= 4 is 5.91 Å². The summed E-state index contributed by atoms with van der Waals surface area (Å²) in [6, 6.07) is 21.8. The maximum atomic E-state index is 13.5. The van der Waals surface area contributed by atoms with Crippen LogP contribution in [0.4, 0.5) is 4.39 Å². The van der Waals surface area contributed by atoms with Crippen molar-refractivity contribution in [3.63, 3.8) is 0 Å². The van der Waals surface area contributed by atoms with E-state index in [2.05, 4.69) is 5.32 Å². The van der Waals surface area contributed by atoms with Crippen molar-refractivity contribution in [2.45, 2.75) is 58.8 Å². The third kappa shape index (κ3) is 7.63. The van der Waals surface area contributed by atoms with E-state index in [1.54, 1.807) is 12.1 Å². The molecule has 0 aliphatic rings. The smallest absolute Gasteiger partial charge is 0.221 e. The lowest BCUT2D eigenvalue weighted by atomic mass is 9.88. The van der Waals surface area contributed by atoms with Crippen molar-refractivity contribution in [2.24, 2.45) is 0 Å². The predicted molar refractivity (Wildman–Crippen MR) is 129 cm³/mol. The molecule has 0 radical (unpaired) electrons. The van der Waals surface area contributed by atoms with Crippen molar-refractivity contribution in [1.82, 2.24) is 5.32 Å². The predicted octanol–water partition coefficient (Wildman–Crippen LogP) is 6.24. The molecule has 0 aromatic heterocycles. The average molecular weight is 450 g/mol. The Morgan fingerprint density at radius 2 is 1.21 bits per heavy atom. The molecule has 0 spiro atoms. The van der Waals surface area contributed by atoms with Crippen molar-refractivity contribution in [3.05, 3.63) is 95.3 Å². The van der Waals surface area contributed by atoms with Crippen LogP contribution in [0.3, 0.4) is 0 Å². The molecule has 0 saturated carbocycles. The van der Waals surface area contributed by atoms with Gasteiger partial charge in [0, 0.05) is 18.9 Å². The average Bonchev–Trinajstić information content (AvgIpc) is 2.78. The zero-order valence-corrected chi connectivity index (χ0v) is 19.7. The molecular formula is C28H32FNO3. The van der Waals surface area contributed by atoms with E-state index >= 15 is 0 Å². The van der Waals surface area contributed by atoms with Crippen LogP contribution in [0.2, 0.25) is 0 Å². The molecule has 33 heavy (non-hydrogen) atoms. The number of nitrogens with one attached hydrogen (secondary N) is 1. The van der Waals surface area contributed by atoms with Crippen LogP contribution in [0.1, 0.15) is 56.7 Å². The Kier molecular flexibility index (Phi) is 8.47. The molecule has 1 amide bonds. The van der Waals surface area contributed by atoms with Gasteiger partial charge >= 0.3 is 0 Å². The molecule has 1 atom stereocenters. The number of benzene rings is 3. The van der Waals surface area contributed by atoms with Crippen molar-refractivity contribution in [3.8, 4) is 11.5 Å². The van der Waals surface area contributed by atoms with Gasteiger partial charge in [-0.3, -0.25) is 4.79 Å². The highest BCUT2D eigenvalue weighted by atomic mass is 19.1. The van der Waals surface area contributed by atoms with Gasteiger partial charge in [-0.2, -0.15) is 0 Å². The molecule has 0 bridgehead atoms. The normalized spacial score (nSPS) is 12.0. The van der Waals surface area contributed by atoms with Gasteiger partial charge in [0.15, 0.2) is 0 Å². The maximum Gasteiger partial charge on any atom is 0.221 e. The summed E-state index contributed by atoms with van der Waals surface area (Å²) in [7, 11) is 0. The fourth-order valence-electron chi connectivity index (χ4n) is 3.59. The molecule has 3 aromatic carbocycles. The zero-order valence-electron chi connectivity index (χ0n) is 19.7. The number of hydrogen-bond acceptors (Lipinski definition) is 3. The Morgan fingerprint density at radius 1 is 0.758 bits per heavy atom. The Balaban J connectivity index is 1.69. The molecule has 174 valence electrons. The first-order valence-electron chi connectivity index (χ1n) is 11.3. The molecule has 3 aromatic rings. The Morgan fingerprint density at radius 3 is 1.70 bits per heavy atom. The summed E-state index contributed by atoms with van der Waals surface area (Å²) in [4.78, 5) is 12.8. The maximum absolute atomic E-state index is 13.5. The molecule has 0 heterocycles. The zero-order chi connectivity index (χ0) is 23.8. The van der Waals surface area contributed by atoms with Crippen LogP contribution in [0.15, 0.2) is 72.8 Å². The van der Waals surface area contributed by atoms with Crippen LogP contribution < -0.4 is 14.8 Å². The summed E-state index contributed by atoms with van der Waals surface area (Å²) in [6.45, 7) is 8.35. The SMILES string of the molecule is CC(C)Oc1ccc(CNC(=O)C[C@H](c2ccc(F)cc2)c2ccc(OC(C)C)cc2)cc1. The lowest BCUT2D eigenvalue weighted by Gasteiger charge is -2.19. The third-order valence-electron chi connectivity index (χ3n) is 5.10. The number of carbonyl (C=O) groups excluding carboxylic acids is 1. The van der Waals surface area contributed by atoms with Crippen LogP contribution in [-0.2, 0) is 11.3 Å². The summed E-state index contributed by atoms with van der Waals surface area (Å²) < 4.78 is 24.9. The second-order valence-corrected chi connectivity index (χ2v) is 8.63. The van der Waals surface area contributed by atoms with E-state index < -0.39 is 0 Å². The summed E-state index contributed by atoms with van der Waals surface area (Å²) >= 11 is 0. The van der Waals surface area contributed by atoms with Crippen molar-refractivity contribution in [1.29, 1.82) is 0 Å². The topological polar surface area (TPSA) is 47.6 Å². The van der Waals surface area contributed by atoms with E-state index in [9.17, 15) is 9.18 Å². The van der Waals surface area contributed by atoms with Gasteiger partial charge in [-0.15, -0.1) is 0 Å².